The van der Waals surface area contributed by atoms with Crippen LogP contribution in [-0.4, -0.2) is 31.2 Å². The Morgan fingerprint density at radius 1 is 0.882 bits per heavy atom. The number of aryl methyl sites for hydroxylation is 1. The van der Waals surface area contributed by atoms with Crippen molar-refractivity contribution in [3.05, 3.63) is 95.1 Å². The van der Waals surface area contributed by atoms with E-state index in [1.807, 2.05) is 50.2 Å². The topological polar surface area (TPSA) is 89.0 Å². The molecule has 2 amide bonds. The van der Waals surface area contributed by atoms with Crippen LogP contribution in [0.3, 0.4) is 0 Å². The van der Waals surface area contributed by atoms with Crippen LogP contribution in [0.4, 0.5) is 0 Å². The fourth-order valence-corrected chi connectivity index (χ4v) is 2.90. The van der Waals surface area contributed by atoms with Crippen LogP contribution in [0.15, 0.2) is 77.9 Å². The van der Waals surface area contributed by atoms with Crippen LogP contribution in [0.1, 0.15) is 40.4 Å². The lowest BCUT2D eigenvalue weighted by Crippen LogP contribution is -2.34. The predicted molar refractivity (Wildman–Crippen MR) is 132 cm³/mol. The number of hydrazone groups is 1. The lowest BCUT2D eigenvalue weighted by molar-refractivity contribution is -0.120. The summed E-state index contributed by atoms with van der Waals surface area (Å²) in [6.07, 6.45) is 2.44. The fourth-order valence-electron chi connectivity index (χ4n) is 2.90. The van der Waals surface area contributed by atoms with E-state index in [-0.39, 0.29) is 12.5 Å². The van der Waals surface area contributed by atoms with Crippen molar-refractivity contribution >= 4 is 18.0 Å². The summed E-state index contributed by atoms with van der Waals surface area (Å²) in [5.41, 5.74) is 5.97. The fraction of sp³-hybridized carbons (Fsp3) is 0.222. The smallest absolute Gasteiger partial charge is 0.259 e. The van der Waals surface area contributed by atoms with E-state index >= 15 is 0 Å². The Kier molecular flexibility index (Phi) is 9.22. The van der Waals surface area contributed by atoms with Crippen molar-refractivity contribution in [3.8, 4) is 11.5 Å². The Labute approximate surface area is 199 Å². The Bertz CT molecular complexity index is 1090. The molecule has 0 spiro atoms. The molecule has 0 radical (unpaired) electrons. The molecule has 0 aliphatic rings. The molecular formula is C27H29N3O4. The summed E-state index contributed by atoms with van der Waals surface area (Å²) >= 11 is 0. The number of amides is 2. The molecule has 3 rings (SSSR count). The summed E-state index contributed by atoms with van der Waals surface area (Å²) in [7, 11) is 0. The van der Waals surface area contributed by atoms with Gasteiger partial charge >= 0.3 is 0 Å². The first-order valence-corrected chi connectivity index (χ1v) is 11.1. The van der Waals surface area contributed by atoms with E-state index < -0.39 is 5.91 Å². The molecule has 0 aliphatic carbocycles. The first-order valence-electron chi connectivity index (χ1n) is 11.1. The maximum absolute atomic E-state index is 12.2. The standard InChI is InChI=1S/C27H29N3O4/c1-3-16-33-24-14-10-23(11-15-24)27(32)28-18-26(31)30-29-17-21-8-12-25(13-9-21)34-19-22-6-4-20(2)5-7-22/h4-15,17H,3,16,18-19H2,1-2H3,(H,28,32)(H,30,31)/b29-17+. The van der Waals surface area contributed by atoms with Gasteiger partial charge in [-0.25, -0.2) is 5.43 Å². The van der Waals surface area contributed by atoms with E-state index in [9.17, 15) is 9.59 Å². The summed E-state index contributed by atoms with van der Waals surface area (Å²) < 4.78 is 11.3. The number of hydrogen-bond acceptors (Lipinski definition) is 5. The minimum Gasteiger partial charge on any atom is -0.494 e. The van der Waals surface area contributed by atoms with Gasteiger partial charge in [-0.2, -0.15) is 5.10 Å². The number of nitrogens with zero attached hydrogens (tertiary/aromatic N) is 1. The van der Waals surface area contributed by atoms with Crippen molar-refractivity contribution in [2.24, 2.45) is 5.10 Å². The van der Waals surface area contributed by atoms with E-state index in [1.165, 1.54) is 11.8 Å². The average Bonchev–Trinajstić information content (AvgIpc) is 2.87. The van der Waals surface area contributed by atoms with E-state index in [0.717, 1.165) is 23.3 Å². The molecule has 3 aromatic rings. The number of carbonyl (C=O) groups excluding carboxylic acids is 2. The highest BCUT2D eigenvalue weighted by molar-refractivity contribution is 5.96. The highest BCUT2D eigenvalue weighted by atomic mass is 16.5. The molecule has 0 bridgehead atoms. The molecule has 0 saturated heterocycles. The van der Waals surface area contributed by atoms with E-state index in [1.54, 1.807) is 24.3 Å². The van der Waals surface area contributed by atoms with Gasteiger partial charge < -0.3 is 14.8 Å². The zero-order valence-corrected chi connectivity index (χ0v) is 19.4. The number of nitrogens with one attached hydrogen (secondary N) is 2. The van der Waals surface area contributed by atoms with Gasteiger partial charge in [0.2, 0.25) is 0 Å². The van der Waals surface area contributed by atoms with Crippen LogP contribution in [-0.2, 0) is 11.4 Å². The molecule has 7 nitrogen and oxygen atoms in total. The first kappa shape index (κ1) is 24.5. The zero-order chi connectivity index (χ0) is 24.2. The molecule has 0 aliphatic heterocycles. The molecule has 0 fully saturated rings. The Balaban J connectivity index is 1.38. The van der Waals surface area contributed by atoms with Crippen LogP contribution in [0.5, 0.6) is 11.5 Å². The molecule has 2 N–H and O–H groups in total. The van der Waals surface area contributed by atoms with Crippen LogP contribution >= 0.6 is 0 Å². The molecule has 3 aromatic carbocycles. The second-order valence-corrected chi connectivity index (χ2v) is 7.69. The number of carbonyl (C=O) groups is 2. The molecular weight excluding hydrogens is 430 g/mol. The normalized spacial score (nSPS) is 10.6. The van der Waals surface area contributed by atoms with Crippen molar-refractivity contribution < 1.29 is 19.1 Å². The Morgan fingerprint density at radius 3 is 2.21 bits per heavy atom. The molecule has 0 unspecified atom stereocenters. The van der Waals surface area contributed by atoms with Gasteiger partial charge in [0.15, 0.2) is 0 Å². The van der Waals surface area contributed by atoms with Crippen molar-refractivity contribution in [1.82, 2.24) is 10.7 Å². The van der Waals surface area contributed by atoms with Crippen molar-refractivity contribution in [2.75, 3.05) is 13.2 Å². The van der Waals surface area contributed by atoms with Gasteiger partial charge in [-0.05, 0) is 73.0 Å². The molecule has 176 valence electrons. The van der Waals surface area contributed by atoms with E-state index in [0.29, 0.717) is 24.5 Å². The highest BCUT2D eigenvalue weighted by Crippen LogP contribution is 2.14. The zero-order valence-electron chi connectivity index (χ0n) is 19.4. The van der Waals surface area contributed by atoms with Crippen LogP contribution in [0, 0.1) is 6.92 Å². The SMILES string of the molecule is CCCOc1ccc(C(=O)NCC(=O)N/N=C/c2ccc(OCc3ccc(C)cc3)cc2)cc1. The molecule has 0 heterocycles. The molecule has 0 aromatic heterocycles. The minimum absolute atomic E-state index is 0.184. The van der Waals surface area contributed by atoms with Gasteiger partial charge in [0.05, 0.1) is 19.4 Å². The van der Waals surface area contributed by atoms with Gasteiger partial charge in [-0.3, -0.25) is 9.59 Å². The lowest BCUT2D eigenvalue weighted by Gasteiger charge is -2.07. The number of ether oxygens (including phenoxy) is 2. The third kappa shape index (κ3) is 8.09. The quantitative estimate of drug-likeness (QED) is 0.332. The van der Waals surface area contributed by atoms with Gasteiger partial charge in [0.1, 0.15) is 18.1 Å². The number of hydrogen-bond donors (Lipinski definition) is 2. The molecule has 0 atom stereocenters. The average molecular weight is 460 g/mol. The Hall–Kier alpha value is -4.13. The van der Waals surface area contributed by atoms with Gasteiger partial charge in [0, 0.05) is 5.56 Å². The minimum atomic E-state index is -0.425. The summed E-state index contributed by atoms with van der Waals surface area (Å²) in [4.78, 5) is 24.1. The third-order valence-electron chi connectivity index (χ3n) is 4.81. The summed E-state index contributed by atoms with van der Waals surface area (Å²) in [6, 6.07) is 22.3. The second-order valence-electron chi connectivity index (χ2n) is 7.69. The second kappa shape index (κ2) is 12.8. The van der Waals surface area contributed by atoms with E-state index in [4.69, 9.17) is 9.47 Å². The predicted octanol–water partition coefficient (Wildman–Crippen LogP) is 4.24. The summed E-state index contributed by atoms with van der Waals surface area (Å²) in [5.74, 6) is 0.679. The third-order valence-corrected chi connectivity index (χ3v) is 4.81. The monoisotopic (exact) mass is 459 g/mol. The number of benzene rings is 3. The van der Waals surface area contributed by atoms with Crippen molar-refractivity contribution in [2.45, 2.75) is 26.9 Å². The van der Waals surface area contributed by atoms with Gasteiger partial charge in [-0.15, -0.1) is 0 Å². The molecule has 34 heavy (non-hydrogen) atoms. The molecule has 7 heteroatoms. The lowest BCUT2D eigenvalue weighted by atomic mass is 10.2. The van der Waals surface area contributed by atoms with Crippen LogP contribution < -0.4 is 20.2 Å². The van der Waals surface area contributed by atoms with Crippen LogP contribution in [0.2, 0.25) is 0 Å². The van der Waals surface area contributed by atoms with E-state index in [2.05, 4.69) is 28.0 Å². The Morgan fingerprint density at radius 2 is 1.53 bits per heavy atom. The number of rotatable bonds is 11. The highest BCUT2D eigenvalue weighted by Gasteiger charge is 2.08. The first-order chi connectivity index (χ1) is 16.5. The van der Waals surface area contributed by atoms with Gasteiger partial charge in [0.25, 0.3) is 11.8 Å². The largest absolute Gasteiger partial charge is 0.494 e. The van der Waals surface area contributed by atoms with Crippen LogP contribution in [0.25, 0.3) is 0 Å². The molecule has 0 saturated carbocycles. The summed E-state index contributed by atoms with van der Waals surface area (Å²) in [5, 5.41) is 6.50. The van der Waals surface area contributed by atoms with Crippen molar-refractivity contribution in [1.29, 1.82) is 0 Å². The van der Waals surface area contributed by atoms with Crippen molar-refractivity contribution in [3.63, 3.8) is 0 Å². The maximum Gasteiger partial charge on any atom is 0.259 e. The van der Waals surface area contributed by atoms with Gasteiger partial charge in [-0.1, -0.05) is 36.8 Å². The summed E-state index contributed by atoms with van der Waals surface area (Å²) in [6.45, 7) is 5.00. The maximum atomic E-state index is 12.2.